The van der Waals surface area contributed by atoms with E-state index in [0.717, 1.165) is 27.8 Å². The van der Waals surface area contributed by atoms with Crippen molar-refractivity contribution in [3.05, 3.63) is 121 Å². The van der Waals surface area contributed by atoms with E-state index in [1.54, 1.807) is 0 Å². The van der Waals surface area contributed by atoms with Crippen LogP contribution >= 0.6 is 0 Å². The molecule has 0 unspecified atom stereocenters. The lowest BCUT2D eigenvalue weighted by Crippen LogP contribution is -2.00. The monoisotopic (exact) mass is 482 g/mol. The van der Waals surface area contributed by atoms with E-state index in [-0.39, 0.29) is 0 Å². The Morgan fingerprint density at radius 2 is 0.622 bits per heavy atom. The van der Waals surface area contributed by atoms with Crippen molar-refractivity contribution in [2.75, 3.05) is 0 Å². The molecule has 0 fully saturated rings. The number of nitrogens with zero attached hydrogens (tertiary/aromatic N) is 8. The molecule has 2 aromatic heterocycles. The molecule has 0 aliphatic rings. The third-order valence-corrected chi connectivity index (χ3v) is 5.44. The third kappa shape index (κ3) is 5.88. The number of aromatic nitrogens is 8. The summed E-state index contributed by atoms with van der Waals surface area (Å²) in [5.41, 5.74) is 4.81. The molecule has 8 heteroatoms. The fourth-order valence-corrected chi connectivity index (χ4v) is 3.50. The highest BCUT2D eigenvalue weighted by molar-refractivity contribution is 5.60. The lowest BCUT2D eigenvalue weighted by molar-refractivity contribution is 0.875. The Bertz CT molecular complexity index is 1480. The molecule has 0 spiro atoms. The minimum Gasteiger partial charge on any atom is -0.126 e. The molecule has 4 aromatic carbocycles. The topological polar surface area (TPSA) is 103 Å². The number of hydrogen-bond donors (Lipinski definition) is 0. The first-order chi connectivity index (χ1) is 18.3. The molecule has 8 nitrogen and oxygen atoms in total. The molecule has 0 aliphatic carbocycles. The molecule has 2 heterocycles. The maximum atomic E-state index is 4.16. The van der Waals surface area contributed by atoms with Crippen LogP contribution in [-0.4, -0.2) is 40.8 Å². The summed E-state index contributed by atoms with van der Waals surface area (Å²) < 4.78 is 0. The predicted octanol–water partition coefficient (Wildman–Crippen LogP) is 5.51. The average molecular weight is 483 g/mol. The molecule has 0 bridgehead atoms. The third-order valence-electron chi connectivity index (χ3n) is 5.44. The predicted molar refractivity (Wildman–Crippen MR) is 142 cm³/mol. The van der Waals surface area contributed by atoms with Crippen LogP contribution in [0.1, 0.15) is 5.56 Å². The molecule has 6 rings (SSSR count). The van der Waals surface area contributed by atoms with Crippen molar-refractivity contribution in [2.45, 2.75) is 6.92 Å². The highest BCUT2D eigenvalue weighted by Crippen LogP contribution is 2.19. The molecule has 6 aromatic rings. The van der Waals surface area contributed by atoms with Gasteiger partial charge in [0.05, 0.1) is 0 Å². The highest BCUT2D eigenvalue weighted by atomic mass is 15.3. The van der Waals surface area contributed by atoms with Gasteiger partial charge in [-0.1, -0.05) is 115 Å². The summed E-state index contributed by atoms with van der Waals surface area (Å²) in [4.78, 5) is 0. The summed E-state index contributed by atoms with van der Waals surface area (Å²) in [6, 6.07) is 37.0. The van der Waals surface area contributed by atoms with E-state index >= 15 is 0 Å². The molecule has 0 N–H and O–H groups in total. The SMILES string of the molecule is Cc1ccccc1-c1nnc(-c2ccccc2)nn1.c1ccc(-c2nnc(-c3ccccc3)nn2)cc1. The fourth-order valence-electron chi connectivity index (χ4n) is 3.50. The van der Waals surface area contributed by atoms with Crippen molar-refractivity contribution in [3.8, 4) is 45.6 Å². The Balaban J connectivity index is 0.000000152. The van der Waals surface area contributed by atoms with Crippen molar-refractivity contribution < 1.29 is 0 Å². The molecular formula is C29H22N8. The van der Waals surface area contributed by atoms with Crippen molar-refractivity contribution in [1.82, 2.24) is 40.8 Å². The van der Waals surface area contributed by atoms with Gasteiger partial charge in [0.2, 0.25) is 23.3 Å². The number of rotatable bonds is 4. The zero-order valence-corrected chi connectivity index (χ0v) is 20.0. The second kappa shape index (κ2) is 11.5. The minimum atomic E-state index is 0.537. The molecule has 0 amide bonds. The van der Waals surface area contributed by atoms with Crippen molar-refractivity contribution in [1.29, 1.82) is 0 Å². The van der Waals surface area contributed by atoms with Crippen molar-refractivity contribution in [2.24, 2.45) is 0 Å². The lowest BCUT2D eigenvalue weighted by atomic mass is 10.1. The summed E-state index contributed by atoms with van der Waals surface area (Å²) in [7, 11) is 0. The smallest absolute Gasteiger partial charge is 0.126 e. The van der Waals surface area contributed by atoms with Crippen LogP contribution in [-0.2, 0) is 0 Å². The summed E-state index contributed by atoms with van der Waals surface area (Å²) in [6.07, 6.45) is 0. The lowest BCUT2D eigenvalue weighted by Gasteiger charge is -2.03. The van der Waals surface area contributed by atoms with E-state index in [9.17, 15) is 0 Å². The van der Waals surface area contributed by atoms with Gasteiger partial charge in [-0.2, -0.15) is 0 Å². The molecule has 37 heavy (non-hydrogen) atoms. The minimum absolute atomic E-state index is 0.537. The van der Waals surface area contributed by atoms with Crippen LogP contribution in [0.5, 0.6) is 0 Å². The Morgan fingerprint density at radius 3 is 0.973 bits per heavy atom. The van der Waals surface area contributed by atoms with Crippen LogP contribution in [0.15, 0.2) is 115 Å². The largest absolute Gasteiger partial charge is 0.203 e. The first-order valence-corrected chi connectivity index (χ1v) is 11.6. The summed E-state index contributed by atoms with van der Waals surface area (Å²) >= 11 is 0. The van der Waals surface area contributed by atoms with Gasteiger partial charge in [-0.05, 0) is 12.5 Å². The van der Waals surface area contributed by atoms with E-state index in [1.807, 2.05) is 122 Å². The zero-order valence-electron chi connectivity index (χ0n) is 20.0. The van der Waals surface area contributed by atoms with Gasteiger partial charge in [0, 0.05) is 22.3 Å². The molecule has 0 radical (unpaired) electrons. The van der Waals surface area contributed by atoms with Gasteiger partial charge in [0.1, 0.15) is 0 Å². The van der Waals surface area contributed by atoms with Gasteiger partial charge >= 0.3 is 0 Å². The van der Waals surface area contributed by atoms with Crippen LogP contribution in [0.3, 0.4) is 0 Å². The van der Waals surface area contributed by atoms with Crippen molar-refractivity contribution >= 4 is 0 Å². The maximum absolute atomic E-state index is 4.16. The van der Waals surface area contributed by atoms with Crippen LogP contribution < -0.4 is 0 Å². The van der Waals surface area contributed by atoms with Gasteiger partial charge < -0.3 is 0 Å². The van der Waals surface area contributed by atoms with Gasteiger partial charge in [0.15, 0.2) is 0 Å². The first-order valence-electron chi connectivity index (χ1n) is 11.6. The maximum Gasteiger partial charge on any atom is 0.203 e. The molecule has 0 saturated carbocycles. The molecule has 178 valence electrons. The average Bonchev–Trinajstić information content (AvgIpc) is 2.99. The molecule has 0 saturated heterocycles. The highest BCUT2D eigenvalue weighted by Gasteiger charge is 2.08. The van der Waals surface area contributed by atoms with Gasteiger partial charge in [-0.25, -0.2) is 0 Å². The van der Waals surface area contributed by atoms with E-state index in [0.29, 0.717) is 23.3 Å². The Kier molecular flexibility index (Phi) is 7.28. The van der Waals surface area contributed by atoms with Crippen molar-refractivity contribution in [3.63, 3.8) is 0 Å². The van der Waals surface area contributed by atoms with Crippen LogP contribution in [0.4, 0.5) is 0 Å². The summed E-state index contributed by atoms with van der Waals surface area (Å²) in [5, 5.41) is 33.0. The second-order valence-corrected chi connectivity index (χ2v) is 8.01. The molecule has 0 aliphatic heterocycles. The fraction of sp³-hybridized carbons (Fsp3) is 0.0345. The number of hydrogen-bond acceptors (Lipinski definition) is 8. The van der Waals surface area contributed by atoms with E-state index < -0.39 is 0 Å². The van der Waals surface area contributed by atoms with Gasteiger partial charge in [0.25, 0.3) is 0 Å². The van der Waals surface area contributed by atoms with Crippen LogP contribution in [0.2, 0.25) is 0 Å². The van der Waals surface area contributed by atoms with Crippen LogP contribution in [0, 0.1) is 6.92 Å². The van der Waals surface area contributed by atoms with E-state index in [1.165, 1.54) is 0 Å². The first kappa shape index (κ1) is 23.5. The van der Waals surface area contributed by atoms with Gasteiger partial charge in [-0.15, -0.1) is 40.8 Å². The Morgan fingerprint density at radius 1 is 0.324 bits per heavy atom. The van der Waals surface area contributed by atoms with E-state index in [2.05, 4.69) is 40.8 Å². The number of aryl methyl sites for hydroxylation is 1. The summed E-state index contributed by atoms with van der Waals surface area (Å²) in [6.45, 7) is 2.02. The summed E-state index contributed by atoms with van der Waals surface area (Å²) in [5.74, 6) is 2.17. The quantitative estimate of drug-likeness (QED) is 0.324. The Hall–Kier alpha value is -5.24. The molecular weight excluding hydrogens is 460 g/mol. The zero-order chi connectivity index (χ0) is 25.3. The normalized spacial score (nSPS) is 10.3. The standard InChI is InChI=1S/C15H12N4.C14H10N4/c1-11-7-5-6-10-13(11)15-18-16-14(17-19-15)12-8-3-2-4-9-12;1-3-7-11(8-4-1)13-15-17-14(18-16-13)12-9-5-2-6-10-12/h2-10H,1H3;1-10H. The van der Waals surface area contributed by atoms with Crippen LogP contribution in [0.25, 0.3) is 45.6 Å². The second-order valence-electron chi connectivity index (χ2n) is 8.01. The molecule has 0 atom stereocenters. The van der Waals surface area contributed by atoms with Gasteiger partial charge in [-0.3, -0.25) is 0 Å². The Labute approximate surface area is 214 Å². The number of benzene rings is 4. The van der Waals surface area contributed by atoms with E-state index in [4.69, 9.17) is 0 Å².